The van der Waals surface area contributed by atoms with Crippen LogP contribution in [0.4, 0.5) is 0 Å². The highest BCUT2D eigenvalue weighted by molar-refractivity contribution is 7.85. The third kappa shape index (κ3) is 5.26. The molecule has 0 spiro atoms. The van der Waals surface area contributed by atoms with Gasteiger partial charge in [0.05, 0.1) is 11.0 Å². The zero-order valence-corrected chi connectivity index (χ0v) is 33.4. The fraction of sp³-hybridized carbons (Fsp3) is 0. The Balaban J connectivity index is 1.03. The van der Waals surface area contributed by atoms with Crippen molar-refractivity contribution in [2.24, 2.45) is 0 Å². The third-order valence-corrected chi connectivity index (χ3v) is 15.3. The lowest BCUT2D eigenvalue weighted by Crippen LogP contribution is -2.24. The van der Waals surface area contributed by atoms with Crippen molar-refractivity contribution in [2.45, 2.75) is 0 Å². The molecule has 0 aliphatic carbocycles. The lowest BCUT2D eigenvalue weighted by atomic mass is 9.94. The van der Waals surface area contributed by atoms with Gasteiger partial charge in [-0.15, -0.1) is 0 Å². The summed E-state index contributed by atoms with van der Waals surface area (Å²) >= 11 is 0. The summed E-state index contributed by atoms with van der Waals surface area (Å²) in [5.41, 5.74) is 9.45. The molecule has 0 aliphatic heterocycles. The summed E-state index contributed by atoms with van der Waals surface area (Å²) in [6.07, 6.45) is 0. The SMILES string of the molecule is O=P(c1ccccc1)(c1ccccc1)c1ccc2c(c1)c1cc(-c3ccc(-c4cc5ccccc5c5c4oc4ccc6ccccc6c45)cc3)ccc1n2-c1ccccc1. The first-order chi connectivity index (χ1) is 29.6. The Morgan fingerprint density at radius 3 is 1.63 bits per heavy atom. The number of nitrogens with zero attached hydrogens (tertiary/aromatic N) is 1. The van der Waals surface area contributed by atoms with Gasteiger partial charge in [-0.2, -0.15) is 0 Å². The molecule has 0 unspecified atom stereocenters. The zero-order valence-electron chi connectivity index (χ0n) is 32.5. The van der Waals surface area contributed by atoms with E-state index in [1.165, 1.54) is 21.5 Å². The van der Waals surface area contributed by atoms with Crippen molar-refractivity contribution in [1.29, 1.82) is 0 Å². The van der Waals surface area contributed by atoms with Gasteiger partial charge in [0.2, 0.25) is 0 Å². The van der Waals surface area contributed by atoms with Crippen LogP contribution in [0.2, 0.25) is 0 Å². The minimum Gasteiger partial charge on any atom is -0.455 e. The van der Waals surface area contributed by atoms with Crippen molar-refractivity contribution in [3.05, 3.63) is 218 Å². The van der Waals surface area contributed by atoms with Gasteiger partial charge in [-0.05, 0) is 92.8 Å². The Bertz CT molecular complexity index is 3620. The summed E-state index contributed by atoms with van der Waals surface area (Å²) in [7, 11) is -3.20. The largest absolute Gasteiger partial charge is 0.455 e. The van der Waals surface area contributed by atoms with Gasteiger partial charge in [0, 0.05) is 48.7 Å². The van der Waals surface area contributed by atoms with Crippen molar-refractivity contribution in [3.63, 3.8) is 0 Å². The molecule has 2 aromatic heterocycles. The summed E-state index contributed by atoms with van der Waals surface area (Å²) in [5.74, 6) is 0. The van der Waals surface area contributed by atoms with Crippen LogP contribution in [0.1, 0.15) is 0 Å². The van der Waals surface area contributed by atoms with Crippen LogP contribution >= 0.6 is 7.14 Å². The Labute approximate surface area is 346 Å². The molecular formula is C56H36NO2P. The molecule has 4 heteroatoms. The number of benzene rings is 10. The third-order valence-electron chi connectivity index (χ3n) is 12.2. The van der Waals surface area contributed by atoms with Crippen molar-refractivity contribution >= 4 is 88.3 Å². The van der Waals surface area contributed by atoms with E-state index in [1.54, 1.807) is 0 Å². The van der Waals surface area contributed by atoms with Gasteiger partial charge in [-0.3, -0.25) is 0 Å². The molecular weight excluding hydrogens is 750 g/mol. The van der Waals surface area contributed by atoms with E-state index in [-0.39, 0.29) is 0 Å². The molecule has 0 radical (unpaired) electrons. The second-order valence-electron chi connectivity index (χ2n) is 15.6. The molecule has 0 bridgehead atoms. The normalized spacial score (nSPS) is 12.1. The van der Waals surface area contributed by atoms with Gasteiger partial charge in [0.15, 0.2) is 7.14 Å². The first-order valence-corrected chi connectivity index (χ1v) is 22.1. The van der Waals surface area contributed by atoms with E-state index in [0.29, 0.717) is 0 Å². The molecule has 0 amide bonds. The molecule has 12 aromatic rings. The van der Waals surface area contributed by atoms with Gasteiger partial charge >= 0.3 is 0 Å². The van der Waals surface area contributed by atoms with E-state index >= 15 is 4.57 Å². The van der Waals surface area contributed by atoms with Crippen LogP contribution in [-0.4, -0.2) is 4.57 Å². The van der Waals surface area contributed by atoms with Crippen molar-refractivity contribution in [1.82, 2.24) is 4.57 Å². The molecule has 0 saturated carbocycles. The molecule has 12 rings (SSSR count). The quantitative estimate of drug-likeness (QED) is 0.157. The van der Waals surface area contributed by atoms with Crippen molar-refractivity contribution in [2.75, 3.05) is 0 Å². The molecule has 282 valence electrons. The number of para-hydroxylation sites is 1. The van der Waals surface area contributed by atoms with Gasteiger partial charge in [0.25, 0.3) is 0 Å². The van der Waals surface area contributed by atoms with Crippen LogP contribution in [0.3, 0.4) is 0 Å². The van der Waals surface area contributed by atoms with Crippen LogP contribution in [-0.2, 0) is 4.57 Å². The molecule has 0 saturated heterocycles. The lowest BCUT2D eigenvalue weighted by molar-refractivity contribution is 0.592. The Morgan fingerprint density at radius 1 is 0.383 bits per heavy atom. The summed E-state index contributed by atoms with van der Waals surface area (Å²) in [5, 5.41) is 11.7. The van der Waals surface area contributed by atoms with Crippen LogP contribution in [0.15, 0.2) is 223 Å². The van der Waals surface area contributed by atoms with Crippen LogP contribution in [0.5, 0.6) is 0 Å². The molecule has 60 heavy (non-hydrogen) atoms. The molecule has 2 heterocycles. The molecule has 0 aliphatic rings. The van der Waals surface area contributed by atoms with E-state index in [9.17, 15) is 0 Å². The topological polar surface area (TPSA) is 35.1 Å². The number of furan rings is 1. The smallest absolute Gasteiger partial charge is 0.171 e. The van der Waals surface area contributed by atoms with Gasteiger partial charge in [-0.1, -0.05) is 164 Å². The van der Waals surface area contributed by atoms with Crippen LogP contribution in [0.25, 0.3) is 93.2 Å². The van der Waals surface area contributed by atoms with Crippen LogP contribution < -0.4 is 15.9 Å². The number of fused-ring (bicyclic) bond motifs is 10. The highest BCUT2D eigenvalue weighted by Crippen LogP contribution is 2.46. The maximum absolute atomic E-state index is 15.6. The number of hydrogen-bond donors (Lipinski definition) is 0. The van der Waals surface area contributed by atoms with Gasteiger partial charge in [-0.25, -0.2) is 0 Å². The molecule has 3 nitrogen and oxygen atoms in total. The van der Waals surface area contributed by atoms with Crippen molar-refractivity contribution < 1.29 is 8.98 Å². The van der Waals surface area contributed by atoms with E-state index in [2.05, 4.69) is 156 Å². The average Bonchev–Trinajstić information content (AvgIpc) is 3.88. The number of rotatable bonds is 6. The zero-order chi connectivity index (χ0) is 39.8. The minimum absolute atomic E-state index is 0.814. The maximum atomic E-state index is 15.6. The van der Waals surface area contributed by atoms with Crippen molar-refractivity contribution in [3.8, 4) is 27.9 Å². The number of aromatic nitrogens is 1. The Hall–Kier alpha value is -7.45. The fourth-order valence-electron chi connectivity index (χ4n) is 9.41. The monoisotopic (exact) mass is 785 g/mol. The second-order valence-corrected chi connectivity index (χ2v) is 18.3. The average molecular weight is 786 g/mol. The lowest BCUT2D eigenvalue weighted by Gasteiger charge is -2.20. The summed E-state index contributed by atoms with van der Waals surface area (Å²) in [6, 6.07) is 76.0. The number of hydrogen-bond acceptors (Lipinski definition) is 2. The summed E-state index contributed by atoms with van der Waals surface area (Å²) in [6.45, 7) is 0. The Morgan fingerprint density at radius 2 is 0.933 bits per heavy atom. The van der Waals surface area contributed by atoms with E-state index in [4.69, 9.17) is 4.42 Å². The van der Waals surface area contributed by atoms with Crippen LogP contribution in [0, 0.1) is 0 Å². The molecule has 0 atom stereocenters. The summed E-state index contributed by atoms with van der Waals surface area (Å²) < 4.78 is 24.6. The van der Waals surface area contributed by atoms with Gasteiger partial charge < -0.3 is 13.5 Å². The Kier molecular flexibility index (Phi) is 7.82. The standard InChI is InChI=1S/C56H36NO2P/c58-60(43-18-6-2-7-19-43,44-20-8-3-9-21-44)45-30-32-52-50(36-45)49-34-40(28-31-51(49)57(52)42-16-4-1-5-17-42)37-24-26-39(27-25-37)48-35-41-15-11-13-23-47(41)55-54-46-22-12-10-14-38(46)29-33-53(54)59-56(48)55/h1-36H. The molecule has 10 aromatic carbocycles. The maximum Gasteiger partial charge on any atom is 0.171 e. The first kappa shape index (κ1) is 34.6. The highest BCUT2D eigenvalue weighted by Gasteiger charge is 2.30. The second kappa shape index (κ2) is 13.6. The molecule has 0 N–H and O–H groups in total. The highest BCUT2D eigenvalue weighted by atomic mass is 31.2. The first-order valence-electron chi connectivity index (χ1n) is 20.4. The fourth-order valence-corrected chi connectivity index (χ4v) is 12.1. The van der Waals surface area contributed by atoms with Gasteiger partial charge in [0.1, 0.15) is 11.2 Å². The minimum atomic E-state index is -3.20. The molecule has 0 fully saturated rings. The van der Waals surface area contributed by atoms with E-state index in [1.807, 2.05) is 66.7 Å². The summed E-state index contributed by atoms with van der Waals surface area (Å²) in [4.78, 5) is 0. The van der Waals surface area contributed by atoms with E-state index < -0.39 is 7.14 Å². The predicted octanol–water partition coefficient (Wildman–Crippen LogP) is 14.0. The van der Waals surface area contributed by atoms with E-state index in [0.717, 1.165) is 87.6 Å². The predicted molar refractivity (Wildman–Crippen MR) is 253 cm³/mol.